The summed E-state index contributed by atoms with van der Waals surface area (Å²) in [6.45, 7) is 2.03. The molecule has 0 atom stereocenters. The molecular formula is C26H22ClN5O3S. The number of halogens is 1. The van der Waals surface area contributed by atoms with Crippen molar-refractivity contribution >= 4 is 23.4 Å². The summed E-state index contributed by atoms with van der Waals surface area (Å²) in [6.07, 6.45) is 0. The molecule has 182 valence electrons. The fourth-order valence-corrected chi connectivity index (χ4v) is 4.59. The van der Waals surface area contributed by atoms with Gasteiger partial charge in [0.1, 0.15) is 11.5 Å². The number of rotatable bonds is 8. The molecule has 2 aromatic heterocycles. The maximum Gasteiger partial charge on any atom is 0.247 e. The Morgan fingerprint density at radius 2 is 1.58 bits per heavy atom. The highest BCUT2D eigenvalue weighted by molar-refractivity contribution is 7.98. The summed E-state index contributed by atoms with van der Waals surface area (Å²) < 4.78 is 18.7. The number of thioether (sulfide) groups is 1. The van der Waals surface area contributed by atoms with E-state index in [2.05, 4.69) is 20.4 Å². The first-order chi connectivity index (χ1) is 17.6. The first-order valence-corrected chi connectivity index (χ1v) is 12.4. The molecule has 10 heteroatoms. The van der Waals surface area contributed by atoms with Crippen molar-refractivity contribution in [3.05, 3.63) is 83.2 Å². The fourth-order valence-electron chi connectivity index (χ4n) is 3.59. The van der Waals surface area contributed by atoms with Crippen molar-refractivity contribution in [3.63, 3.8) is 0 Å². The third-order valence-corrected chi connectivity index (χ3v) is 6.66. The number of benzene rings is 3. The molecule has 5 aromatic rings. The Morgan fingerprint density at radius 1 is 0.861 bits per heavy atom. The van der Waals surface area contributed by atoms with Gasteiger partial charge in [-0.25, -0.2) is 0 Å². The van der Waals surface area contributed by atoms with Crippen LogP contribution in [0.25, 0.3) is 28.5 Å². The van der Waals surface area contributed by atoms with Crippen molar-refractivity contribution in [1.82, 2.24) is 25.0 Å². The molecular weight excluding hydrogens is 498 g/mol. The summed E-state index contributed by atoms with van der Waals surface area (Å²) >= 11 is 8.01. The summed E-state index contributed by atoms with van der Waals surface area (Å²) in [7, 11) is 3.21. The summed E-state index contributed by atoms with van der Waals surface area (Å²) in [5, 5.41) is 18.5. The van der Waals surface area contributed by atoms with E-state index in [-0.39, 0.29) is 0 Å². The van der Waals surface area contributed by atoms with E-state index in [1.54, 1.807) is 20.3 Å². The molecule has 5 rings (SSSR count). The molecule has 0 unspecified atom stereocenters. The topological polar surface area (TPSA) is 88.1 Å². The molecule has 0 fully saturated rings. The van der Waals surface area contributed by atoms with E-state index < -0.39 is 0 Å². The summed E-state index contributed by atoms with van der Waals surface area (Å²) in [4.78, 5) is 0. The second kappa shape index (κ2) is 10.4. The SMILES string of the molecule is COc1cc(OC)cc(-c2nnc(SCc3nnc(-c4ccc(C)cc4)o3)n2-c2ccccc2Cl)c1. The smallest absolute Gasteiger partial charge is 0.247 e. The minimum atomic E-state index is 0.406. The van der Waals surface area contributed by atoms with Crippen molar-refractivity contribution in [2.24, 2.45) is 0 Å². The van der Waals surface area contributed by atoms with Crippen molar-refractivity contribution in [2.45, 2.75) is 17.8 Å². The highest BCUT2D eigenvalue weighted by Gasteiger charge is 2.20. The first kappa shape index (κ1) is 23.9. The highest BCUT2D eigenvalue weighted by Crippen LogP contribution is 2.35. The van der Waals surface area contributed by atoms with Crippen molar-refractivity contribution in [3.8, 4) is 40.0 Å². The summed E-state index contributed by atoms with van der Waals surface area (Å²) in [6, 6.07) is 21.0. The van der Waals surface area contributed by atoms with Crippen LogP contribution < -0.4 is 9.47 Å². The van der Waals surface area contributed by atoms with Crippen LogP contribution in [0.1, 0.15) is 11.5 Å². The number of hydrogen-bond acceptors (Lipinski definition) is 8. The zero-order chi connectivity index (χ0) is 25.1. The molecule has 0 aliphatic carbocycles. The van der Waals surface area contributed by atoms with Crippen LogP contribution in [0.2, 0.25) is 5.02 Å². The van der Waals surface area contributed by atoms with Crippen molar-refractivity contribution in [2.75, 3.05) is 14.2 Å². The third-order valence-electron chi connectivity index (χ3n) is 5.43. The van der Waals surface area contributed by atoms with Gasteiger partial charge in [0.25, 0.3) is 0 Å². The van der Waals surface area contributed by atoms with E-state index in [0.717, 1.165) is 22.4 Å². The van der Waals surface area contributed by atoms with Gasteiger partial charge in [-0.3, -0.25) is 4.57 Å². The number of aromatic nitrogens is 5. The predicted octanol–water partition coefficient (Wildman–Crippen LogP) is 6.26. The molecule has 0 N–H and O–H groups in total. The van der Waals surface area contributed by atoms with E-state index in [0.29, 0.717) is 45.0 Å². The van der Waals surface area contributed by atoms with Gasteiger partial charge in [-0.05, 0) is 43.3 Å². The molecule has 8 nitrogen and oxygen atoms in total. The Kier molecular flexibility index (Phi) is 6.92. The molecule has 0 spiro atoms. The molecule has 0 radical (unpaired) electrons. The summed E-state index contributed by atoms with van der Waals surface area (Å²) in [5.41, 5.74) is 3.55. The van der Waals surface area contributed by atoms with Crippen LogP contribution in [-0.2, 0) is 5.75 Å². The highest BCUT2D eigenvalue weighted by atomic mass is 35.5. The van der Waals surface area contributed by atoms with Crippen LogP contribution in [0.3, 0.4) is 0 Å². The molecule has 0 bridgehead atoms. The largest absolute Gasteiger partial charge is 0.497 e. The second-order valence-electron chi connectivity index (χ2n) is 7.85. The first-order valence-electron chi connectivity index (χ1n) is 11.0. The number of nitrogens with zero attached hydrogens (tertiary/aromatic N) is 5. The van der Waals surface area contributed by atoms with E-state index >= 15 is 0 Å². The minimum absolute atomic E-state index is 0.406. The Morgan fingerprint density at radius 3 is 2.28 bits per heavy atom. The number of para-hydroxylation sites is 1. The standard InChI is InChI=1S/C26H22ClN5O3S/c1-16-8-10-17(11-9-16)25-30-28-23(35-25)15-36-26-31-29-24(32(26)22-7-5-4-6-21(22)27)18-12-19(33-2)14-20(13-18)34-3/h4-14H,15H2,1-3H3. The van der Waals surface area contributed by atoms with Crippen LogP contribution >= 0.6 is 23.4 Å². The van der Waals surface area contributed by atoms with Crippen LogP contribution in [0.15, 0.2) is 76.3 Å². The van der Waals surface area contributed by atoms with Gasteiger partial charge in [0.05, 0.1) is 30.7 Å². The zero-order valence-corrected chi connectivity index (χ0v) is 21.4. The Hall–Kier alpha value is -3.82. The molecule has 36 heavy (non-hydrogen) atoms. The predicted molar refractivity (Wildman–Crippen MR) is 139 cm³/mol. The lowest BCUT2D eigenvalue weighted by atomic mass is 10.1. The van der Waals surface area contributed by atoms with E-state index in [4.69, 9.17) is 25.5 Å². The lowest BCUT2D eigenvalue weighted by molar-refractivity contribution is 0.394. The lowest BCUT2D eigenvalue weighted by Crippen LogP contribution is -2.01. The molecule has 2 heterocycles. The van der Waals surface area contributed by atoms with Gasteiger partial charge < -0.3 is 13.9 Å². The van der Waals surface area contributed by atoms with Crippen LogP contribution in [0.4, 0.5) is 0 Å². The van der Waals surface area contributed by atoms with Crippen molar-refractivity contribution in [1.29, 1.82) is 0 Å². The van der Waals surface area contributed by atoms with Crippen LogP contribution in [0.5, 0.6) is 11.5 Å². The lowest BCUT2D eigenvalue weighted by Gasteiger charge is -2.13. The number of hydrogen-bond donors (Lipinski definition) is 0. The van der Waals surface area contributed by atoms with Gasteiger partial charge in [-0.1, -0.05) is 53.2 Å². The Labute approximate surface area is 217 Å². The molecule has 0 saturated heterocycles. The maximum absolute atomic E-state index is 6.59. The quantitative estimate of drug-likeness (QED) is 0.222. The minimum Gasteiger partial charge on any atom is -0.497 e. The van der Waals surface area contributed by atoms with Gasteiger partial charge in [-0.2, -0.15) is 0 Å². The molecule has 3 aromatic carbocycles. The molecule has 0 aliphatic rings. The van der Waals surface area contributed by atoms with Gasteiger partial charge in [0.2, 0.25) is 11.8 Å². The fraction of sp³-hybridized carbons (Fsp3) is 0.154. The Bertz CT molecular complexity index is 1480. The van der Waals surface area contributed by atoms with E-state index in [9.17, 15) is 0 Å². The molecule has 0 aliphatic heterocycles. The second-order valence-corrected chi connectivity index (χ2v) is 9.20. The normalized spacial score (nSPS) is 11.0. The molecule has 0 saturated carbocycles. The number of methoxy groups -OCH3 is 2. The average molecular weight is 520 g/mol. The van der Waals surface area contributed by atoms with Crippen LogP contribution in [-0.4, -0.2) is 39.2 Å². The monoisotopic (exact) mass is 519 g/mol. The van der Waals surface area contributed by atoms with Gasteiger partial charge >= 0.3 is 0 Å². The van der Waals surface area contributed by atoms with Gasteiger partial charge in [0.15, 0.2) is 11.0 Å². The van der Waals surface area contributed by atoms with Gasteiger partial charge in [0, 0.05) is 17.2 Å². The Balaban J connectivity index is 1.49. The maximum atomic E-state index is 6.59. The van der Waals surface area contributed by atoms with Crippen molar-refractivity contribution < 1.29 is 13.9 Å². The number of aryl methyl sites for hydroxylation is 1. The third kappa shape index (κ3) is 4.93. The summed E-state index contributed by atoms with van der Waals surface area (Å²) in [5.74, 6) is 3.23. The van der Waals surface area contributed by atoms with Gasteiger partial charge in [-0.15, -0.1) is 20.4 Å². The number of ether oxygens (including phenoxy) is 2. The average Bonchev–Trinajstić information content (AvgIpc) is 3.55. The van der Waals surface area contributed by atoms with E-state index in [1.165, 1.54) is 11.8 Å². The molecule has 0 amide bonds. The van der Waals surface area contributed by atoms with Crippen LogP contribution in [0, 0.1) is 6.92 Å². The zero-order valence-electron chi connectivity index (χ0n) is 19.8. The van der Waals surface area contributed by atoms with E-state index in [1.807, 2.05) is 72.2 Å².